The van der Waals surface area contributed by atoms with Gasteiger partial charge in [0.2, 0.25) is 0 Å². The van der Waals surface area contributed by atoms with Gasteiger partial charge in [-0.25, -0.2) is 0 Å². The number of fused-ring (bicyclic) bond motifs is 3. The summed E-state index contributed by atoms with van der Waals surface area (Å²) in [4.78, 5) is 11.9. The van der Waals surface area contributed by atoms with E-state index < -0.39 is 5.79 Å². The van der Waals surface area contributed by atoms with Crippen molar-refractivity contribution in [2.45, 2.75) is 77.4 Å². The Balaban J connectivity index is 1.81. The fraction of sp³-hybridized carbons (Fsp3) is 0.773. The molecule has 0 spiro atoms. The fourth-order valence-electron chi connectivity index (χ4n) is 5.58. The van der Waals surface area contributed by atoms with Crippen molar-refractivity contribution in [1.82, 2.24) is 0 Å². The number of hydrogen-bond acceptors (Lipinski definition) is 3. The molecule has 3 heteroatoms. The number of carbonyl (C=O) groups is 1. The maximum absolute atomic E-state index is 11.9. The minimum Gasteiger partial charge on any atom is -0.365 e. The third-order valence-corrected chi connectivity index (χ3v) is 7.24. The highest BCUT2D eigenvalue weighted by Gasteiger charge is 2.48. The van der Waals surface area contributed by atoms with Crippen molar-refractivity contribution >= 4 is 5.78 Å². The zero-order chi connectivity index (χ0) is 18.1. The first-order valence-corrected chi connectivity index (χ1v) is 9.89. The first-order valence-electron chi connectivity index (χ1n) is 9.89. The van der Waals surface area contributed by atoms with Crippen LogP contribution < -0.4 is 0 Å². The topological polar surface area (TPSA) is 46.5 Å². The van der Waals surface area contributed by atoms with Crippen LogP contribution in [0.5, 0.6) is 0 Å². The van der Waals surface area contributed by atoms with Crippen molar-refractivity contribution < 1.29 is 14.6 Å². The van der Waals surface area contributed by atoms with Gasteiger partial charge in [-0.15, -0.1) is 6.42 Å². The number of allylic oxidation sites excluding steroid dienone is 2. The van der Waals surface area contributed by atoms with Crippen LogP contribution in [0.15, 0.2) is 11.6 Å². The molecule has 0 aliphatic heterocycles. The molecule has 0 radical (unpaired) electrons. The maximum atomic E-state index is 11.9. The SMILES string of the molecule is C#CCOC1(O)CCC[C@@H]2[C@@H](CC=C3CC(=O)CC[C@@]32C)[C@H](C)CC1. The summed E-state index contributed by atoms with van der Waals surface area (Å²) in [6.45, 7) is 4.87. The average Bonchev–Trinajstić information content (AvgIpc) is 2.64. The van der Waals surface area contributed by atoms with Crippen molar-refractivity contribution in [3.63, 3.8) is 0 Å². The lowest BCUT2D eigenvalue weighted by Crippen LogP contribution is -2.43. The highest BCUT2D eigenvalue weighted by atomic mass is 16.6. The van der Waals surface area contributed by atoms with Gasteiger partial charge in [-0.3, -0.25) is 4.79 Å². The lowest BCUT2D eigenvalue weighted by molar-refractivity contribution is -0.205. The normalized spacial score (nSPS) is 42.1. The van der Waals surface area contributed by atoms with Gasteiger partial charge in [-0.2, -0.15) is 0 Å². The zero-order valence-corrected chi connectivity index (χ0v) is 15.7. The van der Waals surface area contributed by atoms with Crippen LogP contribution in [0, 0.1) is 35.5 Å². The second kappa shape index (κ2) is 7.25. The molecule has 0 amide bonds. The molecule has 0 bridgehead atoms. The van der Waals surface area contributed by atoms with Gasteiger partial charge >= 0.3 is 0 Å². The van der Waals surface area contributed by atoms with E-state index in [0.717, 1.165) is 38.5 Å². The molecule has 2 fully saturated rings. The monoisotopic (exact) mass is 344 g/mol. The molecule has 0 saturated heterocycles. The Labute approximate surface area is 152 Å². The molecular formula is C22H32O3. The van der Waals surface area contributed by atoms with Crippen molar-refractivity contribution in [1.29, 1.82) is 0 Å². The van der Waals surface area contributed by atoms with E-state index in [2.05, 4.69) is 25.8 Å². The number of rotatable bonds is 2. The van der Waals surface area contributed by atoms with Gasteiger partial charge in [0.1, 0.15) is 12.4 Å². The average molecular weight is 344 g/mol. The van der Waals surface area contributed by atoms with E-state index in [1.165, 1.54) is 5.57 Å². The number of aliphatic hydroxyl groups is 1. The summed E-state index contributed by atoms with van der Waals surface area (Å²) in [5.74, 6) is 3.58. The Hall–Kier alpha value is -1.11. The Morgan fingerprint density at radius 2 is 2.16 bits per heavy atom. The van der Waals surface area contributed by atoms with Gasteiger partial charge in [-0.05, 0) is 55.3 Å². The molecule has 1 N–H and O–H groups in total. The summed E-state index contributed by atoms with van der Waals surface area (Å²) in [6.07, 6.45) is 15.4. The fourth-order valence-corrected chi connectivity index (χ4v) is 5.58. The molecule has 3 aliphatic carbocycles. The van der Waals surface area contributed by atoms with Crippen LogP contribution in [-0.4, -0.2) is 23.3 Å². The van der Waals surface area contributed by atoms with E-state index >= 15 is 0 Å². The lowest BCUT2D eigenvalue weighted by Gasteiger charge is -2.50. The highest BCUT2D eigenvalue weighted by molar-refractivity contribution is 5.82. The lowest BCUT2D eigenvalue weighted by atomic mass is 9.54. The Kier molecular flexibility index (Phi) is 5.42. The van der Waals surface area contributed by atoms with Crippen molar-refractivity contribution in [2.75, 3.05) is 6.61 Å². The predicted molar refractivity (Wildman–Crippen MR) is 98.6 cm³/mol. The van der Waals surface area contributed by atoms with E-state index in [1.54, 1.807) is 0 Å². The van der Waals surface area contributed by atoms with E-state index in [9.17, 15) is 9.90 Å². The number of ether oxygens (including phenoxy) is 1. The molecule has 3 rings (SSSR count). The second-order valence-electron chi connectivity index (χ2n) is 8.72. The number of ketones is 1. The first kappa shape index (κ1) is 18.7. The highest BCUT2D eigenvalue weighted by Crippen LogP contribution is 2.56. The van der Waals surface area contributed by atoms with Crippen molar-refractivity contribution in [3.05, 3.63) is 11.6 Å². The van der Waals surface area contributed by atoms with Gasteiger partial charge in [0.15, 0.2) is 5.79 Å². The smallest absolute Gasteiger partial charge is 0.166 e. The molecule has 1 unspecified atom stereocenters. The summed E-state index contributed by atoms with van der Waals surface area (Å²) in [7, 11) is 0. The quantitative estimate of drug-likeness (QED) is 0.463. The van der Waals surface area contributed by atoms with Gasteiger partial charge in [-0.1, -0.05) is 31.4 Å². The number of carbonyl (C=O) groups excluding carboxylic acids is 1. The predicted octanol–water partition coefficient (Wildman–Crippen LogP) is 4.25. The van der Waals surface area contributed by atoms with Crippen LogP contribution in [0.4, 0.5) is 0 Å². The van der Waals surface area contributed by atoms with Gasteiger partial charge in [0, 0.05) is 25.7 Å². The van der Waals surface area contributed by atoms with Gasteiger partial charge in [0.05, 0.1) is 0 Å². The van der Waals surface area contributed by atoms with E-state index in [0.29, 0.717) is 42.8 Å². The van der Waals surface area contributed by atoms with Crippen molar-refractivity contribution in [2.24, 2.45) is 23.2 Å². The van der Waals surface area contributed by atoms with E-state index in [4.69, 9.17) is 11.2 Å². The van der Waals surface area contributed by atoms with Crippen LogP contribution in [0.2, 0.25) is 0 Å². The summed E-state index contributed by atoms with van der Waals surface area (Å²) in [6, 6.07) is 0. The van der Waals surface area contributed by atoms with Gasteiger partial charge < -0.3 is 9.84 Å². The van der Waals surface area contributed by atoms with E-state index in [1.807, 2.05) is 0 Å². The molecule has 138 valence electrons. The summed E-state index contributed by atoms with van der Waals surface area (Å²) >= 11 is 0. The largest absolute Gasteiger partial charge is 0.365 e. The number of Topliss-reactive ketones (excluding diaryl/α,β-unsaturated/α-hetero) is 1. The Morgan fingerprint density at radius 3 is 2.92 bits per heavy atom. The molecule has 0 aromatic carbocycles. The van der Waals surface area contributed by atoms with Crippen LogP contribution in [0.25, 0.3) is 0 Å². The second-order valence-corrected chi connectivity index (χ2v) is 8.72. The molecular weight excluding hydrogens is 312 g/mol. The number of terminal acetylenes is 1. The van der Waals surface area contributed by atoms with Crippen LogP contribution in [0.3, 0.4) is 0 Å². The molecule has 0 aromatic heterocycles. The Morgan fingerprint density at radius 1 is 1.36 bits per heavy atom. The molecule has 3 nitrogen and oxygen atoms in total. The molecule has 25 heavy (non-hydrogen) atoms. The third-order valence-electron chi connectivity index (χ3n) is 7.24. The Bertz CT molecular complexity index is 587. The number of hydrogen-bond donors (Lipinski definition) is 1. The summed E-state index contributed by atoms with van der Waals surface area (Å²) < 4.78 is 5.62. The molecule has 2 saturated carbocycles. The van der Waals surface area contributed by atoms with Crippen LogP contribution in [0.1, 0.15) is 71.6 Å². The zero-order valence-electron chi connectivity index (χ0n) is 15.7. The van der Waals surface area contributed by atoms with Crippen LogP contribution >= 0.6 is 0 Å². The molecule has 0 aromatic rings. The summed E-state index contributed by atoms with van der Waals surface area (Å²) in [5, 5.41) is 10.8. The maximum Gasteiger partial charge on any atom is 0.166 e. The third kappa shape index (κ3) is 3.71. The standard InChI is InChI=1S/C22H32O3/c1-4-14-25-22(24)11-5-6-20-19(16(2)9-13-22)8-7-17-15-18(23)10-12-21(17,20)3/h1,7,16,19-20,24H,5-6,8-15H2,2-3H3/t16-,19+,20-,21+,22?/m1/s1. The molecule has 0 heterocycles. The molecule has 5 atom stereocenters. The van der Waals surface area contributed by atoms with Gasteiger partial charge in [0.25, 0.3) is 0 Å². The summed E-state index contributed by atoms with van der Waals surface area (Å²) in [5.41, 5.74) is 1.54. The minimum atomic E-state index is -1.08. The van der Waals surface area contributed by atoms with Crippen LogP contribution in [-0.2, 0) is 9.53 Å². The van der Waals surface area contributed by atoms with Crippen molar-refractivity contribution in [3.8, 4) is 12.3 Å². The van der Waals surface area contributed by atoms with E-state index in [-0.39, 0.29) is 12.0 Å². The molecule has 3 aliphatic rings. The minimum absolute atomic E-state index is 0.160. The first-order chi connectivity index (χ1) is 11.9.